The molecule has 1 aromatic heterocycles. The number of aromatic nitrogens is 3. The Morgan fingerprint density at radius 3 is 2.85 bits per heavy atom. The zero-order chi connectivity index (χ0) is 18.7. The second-order valence-electron chi connectivity index (χ2n) is 7.05. The highest BCUT2D eigenvalue weighted by Crippen LogP contribution is 2.40. The second-order valence-corrected chi connectivity index (χ2v) is 7.99. The lowest BCUT2D eigenvalue weighted by Gasteiger charge is -2.16. The second kappa shape index (κ2) is 8.08. The summed E-state index contributed by atoms with van der Waals surface area (Å²) >= 11 is 1.43. The van der Waals surface area contributed by atoms with Gasteiger partial charge in [-0.1, -0.05) is 49.9 Å². The van der Waals surface area contributed by atoms with Crippen LogP contribution < -0.4 is 5.32 Å². The number of nitrogens with zero attached hydrogens (tertiary/aromatic N) is 3. The third-order valence-electron chi connectivity index (χ3n) is 4.52. The van der Waals surface area contributed by atoms with E-state index in [9.17, 15) is 4.79 Å². The molecule has 0 atom stereocenters. The van der Waals surface area contributed by atoms with Crippen LogP contribution in [0.2, 0.25) is 0 Å². The van der Waals surface area contributed by atoms with Gasteiger partial charge < -0.3 is 9.88 Å². The summed E-state index contributed by atoms with van der Waals surface area (Å²) in [5.74, 6) is 2.19. The number of thioether (sulfide) groups is 1. The Morgan fingerprint density at radius 2 is 2.19 bits per heavy atom. The Balaban J connectivity index is 1.68. The predicted molar refractivity (Wildman–Crippen MR) is 107 cm³/mol. The molecule has 1 N–H and O–H groups in total. The van der Waals surface area contributed by atoms with Gasteiger partial charge >= 0.3 is 0 Å². The molecule has 0 unspecified atom stereocenters. The molecular formula is C20H26N4OS. The smallest absolute Gasteiger partial charge is 0.234 e. The first-order valence-corrected chi connectivity index (χ1v) is 10.1. The maximum Gasteiger partial charge on any atom is 0.234 e. The van der Waals surface area contributed by atoms with Gasteiger partial charge in [0, 0.05) is 18.2 Å². The van der Waals surface area contributed by atoms with Crippen LogP contribution in [0.25, 0.3) is 0 Å². The van der Waals surface area contributed by atoms with E-state index in [0.717, 1.165) is 27.8 Å². The van der Waals surface area contributed by atoms with Crippen LogP contribution in [0.1, 0.15) is 55.5 Å². The molecule has 1 saturated carbocycles. The lowest BCUT2D eigenvalue weighted by molar-refractivity contribution is -0.113. The largest absolute Gasteiger partial charge is 0.325 e. The van der Waals surface area contributed by atoms with Crippen LogP contribution in [-0.4, -0.2) is 26.4 Å². The molecule has 26 heavy (non-hydrogen) atoms. The number of benzene rings is 1. The van der Waals surface area contributed by atoms with E-state index in [-0.39, 0.29) is 5.91 Å². The van der Waals surface area contributed by atoms with Gasteiger partial charge in [-0.3, -0.25) is 4.79 Å². The van der Waals surface area contributed by atoms with Crippen LogP contribution in [-0.2, 0) is 11.3 Å². The number of rotatable bonds is 8. The Bertz CT molecular complexity index is 808. The minimum absolute atomic E-state index is 0.0210. The highest BCUT2D eigenvalue weighted by molar-refractivity contribution is 7.99. The zero-order valence-electron chi connectivity index (χ0n) is 15.7. The van der Waals surface area contributed by atoms with Crippen LogP contribution >= 0.6 is 11.8 Å². The van der Waals surface area contributed by atoms with Crippen molar-refractivity contribution in [3.05, 3.63) is 47.8 Å². The van der Waals surface area contributed by atoms with Gasteiger partial charge in [0.1, 0.15) is 5.82 Å². The number of hydrogen-bond acceptors (Lipinski definition) is 4. The SMILES string of the molecule is C=CCn1c(SCC(=O)Nc2c(C)cccc2C(C)C)nnc1C1CC1. The third kappa shape index (κ3) is 4.18. The molecule has 6 heteroatoms. The number of aryl methyl sites for hydroxylation is 1. The Hall–Kier alpha value is -2.08. The van der Waals surface area contributed by atoms with Crippen molar-refractivity contribution >= 4 is 23.4 Å². The van der Waals surface area contributed by atoms with Gasteiger partial charge in [0.05, 0.1) is 5.75 Å². The van der Waals surface area contributed by atoms with Crippen molar-refractivity contribution in [1.82, 2.24) is 14.8 Å². The normalized spacial score (nSPS) is 13.8. The lowest BCUT2D eigenvalue weighted by Crippen LogP contribution is -2.17. The van der Waals surface area contributed by atoms with Crippen LogP contribution in [0.15, 0.2) is 36.0 Å². The summed E-state index contributed by atoms with van der Waals surface area (Å²) in [6.45, 7) is 10.8. The third-order valence-corrected chi connectivity index (χ3v) is 5.49. The van der Waals surface area contributed by atoms with E-state index in [0.29, 0.717) is 24.1 Å². The average molecular weight is 371 g/mol. The average Bonchev–Trinajstić information content (AvgIpc) is 3.37. The monoisotopic (exact) mass is 370 g/mol. The molecule has 1 aliphatic carbocycles. The summed E-state index contributed by atoms with van der Waals surface area (Å²) in [7, 11) is 0. The fourth-order valence-corrected chi connectivity index (χ4v) is 3.75. The van der Waals surface area contributed by atoms with Crippen molar-refractivity contribution in [3.63, 3.8) is 0 Å². The van der Waals surface area contributed by atoms with Crippen molar-refractivity contribution in [2.75, 3.05) is 11.1 Å². The van der Waals surface area contributed by atoms with Gasteiger partial charge in [-0.2, -0.15) is 0 Å². The van der Waals surface area contributed by atoms with Gasteiger partial charge in [0.15, 0.2) is 5.16 Å². The predicted octanol–water partition coefficient (Wildman–Crippen LogP) is 4.50. The van der Waals surface area contributed by atoms with Crippen LogP contribution in [0.3, 0.4) is 0 Å². The van der Waals surface area contributed by atoms with Crippen molar-refractivity contribution in [1.29, 1.82) is 0 Å². The molecular weight excluding hydrogens is 344 g/mol. The van der Waals surface area contributed by atoms with Gasteiger partial charge in [-0.15, -0.1) is 16.8 Å². The quantitative estimate of drug-likeness (QED) is 0.549. The molecule has 0 radical (unpaired) electrons. The Kier molecular flexibility index (Phi) is 5.81. The lowest BCUT2D eigenvalue weighted by atomic mass is 9.98. The molecule has 1 heterocycles. The van der Waals surface area contributed by atoms with Crippen molar-refractivity contribution in [3.8, 4) is 0 Å². The van der Waals surface area contributed by atoms with Crippen LogP contribution in [0.5, 0.6) is 0 Å². The molecule has 2 aromatic rings. The Morgan fingerprint density at radius 1 is 1.42 bits per heavy atom. The number of allylic oxidation sites excluding steroid dienone is 1. The minimum atomic E-state index is -0.0210. The molecule has 0 spiro atoms. The van der Waals surface area contributed by atoms with E-state index in [1.165, 1.54) is 24.6 Å². The molecule has 5 nitrogen and oxygen atoms in total. The highest BCUT2D eigenvalue weighted by atomic mass is 32.2. The molecule has 1 aromatic carbocycles. The number of carbonyl (C=O) groups excluding carboxylic acids is 1. The summed E-state index contributed by atoms with van der Waals surface area (Å²) < 4.78 is 2.08. The minimum Gasteiger partial charge on any atom is -0.325 e. The van der Waals surface area contributed by atoms with Gasteiger partial charge in [0.25, 0.3) is 0 Å². The van der Waals surface area contributed by atoms with E-state index in [1.54, 1.807) is 0 Å². The number of nitrogens with one attached hydrogen (secondary N) is 1. The Labute approximate surface area is 159 Å². The first-order valence-electron chi connectivity index (χ1n) is 9.07. The van der Waals surface area contributed by atoms with E-state index in [1.807, 2.05) is 25.1 Å². The molecule has 0 saturated heterocycles. The number of anilines is 1. The molecule has 138 valence electrons. The first-order chi connectivity index (χ1) is 12.5. The van der Waals surface area contributed by atoms with E-state index in [4.69, 9.17) is 0 Å². The zero-order valence-corrected chi connectivity index (χ0v) is 16.5. The van der Waals surface area contributed by atoms with Crippen molar-refractivity contribution in [2.45, 2.75) is 57.1 Å². The summed E-state index contributed by atoms with van der Waals surface area (Å²) in [5.41, 5.74) is 3.17. The van der Waals surface area contributed by atoms with Crippen molar-refractivity contribution < 1.29 is 4.79 Å². The first kappa shape index (κ1) is 18.7. The molecule has 0 aliphatic heterocycles. The van der Waals surface area contributed by atoms with E-state index in [2.05, 4.69) is 46.6 Å². The van der Waals surface area contributed by atoms with Gasteiger partial charge in [-0.25, -0.2) is 0 Å². The number of hydrogen-bond donors (Lipinski definition) is 1. The van der Waals surface area contributed by atoms with E-state index >= 15 is 0 Å². The van der Waals surface area contributed by atoms with Crippen molar-refractivity contribution in [2.24, 2.45) is 0 Å². The van der Waals surface area contributed by atoms with Crippen LogP contribution in [0, 0.1) is 6.92 Å². The molecule has 1 aliphatic rings. The maximum atomic E-state index is 12.5. The topological polar surface area (TPSA) is 59.8 Å². The summed E-state index contributed by atoms with van der Waals surface area (Å²) in [6.07, 6.45) is 4.19. The molecule has 3 rings (SSSR count). The molecule has 1 fully saturated rings. The highest BCUT2D eigenvalue weighted by Gasteiger charge is 2.30. The van der Waals surface area contributed by atoms with Crippen LogP contribution in [0.4, 0.5) is 5.69 Å². The number of carbonyl (C=O) groups is 1. The fraction of sp³-hybridized carbons (Fsp3) is 0.450. The number of para-hydroxylation sites is 1. The maximum absolute atomic E-state index is 12.5. The standard InChI is InChI=1S/C20H26N4OS/c1-5-11-24-19(15-9-10-15)22-23-20(24)26-12-17(25)21-18-14(4)7-6-8-16(18)13(2)3/h5-8,13,15H,1,9-12H2,2-4H3,(H,21,25). The molecule has 1 amide bonds. The fourth-order valence-electron chi connectivity index (χ4n) is 3.00. The summed E-state index contributed by atoms with van der Waals surface area (Å²) in [6, 6.07) is 6.13. The summed E-state index contributed by atoms with van der Waals surface area (Å²) in [4.78, 5) is 12.5. The van der Waals surface area contributed by atoms with Gasteiger partial charge in [-0.05, 0) is 36.8 Å². The summed E-state index contributed by atoms with van der Waals surface area (Å²) in [5, 5.41) is 12.5. The van der Waals surface area contributed by atoms with E-state index < -0.39 is 0 Å². The molecule has 0 bridgehead atoms. The van der Waals surface area contributed by atoms with Gasteiger partial charge in [0.2, 0.25) is 5.91 Å². The number of amides is 1.